The number of benzene rings is 2. The number of rotatable bonds is 9. The predicted molar refractivity (Wildman–Crippen MR) is 230 cm³/mol. The van der Waals surface area contributed by atoms with Crippen molar-refractivity contribution in [2.75, 3.05) is 25.0 Å². The van der Waals surface area contributed by atoms with Crippen LogP contribution in [0, 0.1) is 5.41 Å². The van der Waals surface area contributed by atoms with Crippen LogP contribution in [0.25, 0.3) is 0 Å². The summed E-state index contributed by atoms with van der Waals surface area (Å²) in [6.45, 7) is 24.8. The third kappa shape index (κ3) is 21.4. The molecule has 0 fully saturated rings. The minimum atomic E-state index is -0.839. The molecule has 2 N–H and O–H groups in total. The first-order chi connectivity index (χ1) is 28.0. The minimum Gasteiger partial charge on any atom is -0.444 e. The Labute approximate surface area is 366 Å². The SMILES string of the molecule is CN(C(=O)CN(Cc1csc(C(C)(C)C)c1)CC(C)(C)C)c1ccc(OC(=O)c2ccc(N=C(NC(=O)OC(C)(C)C)NC(=O)OC(C)(C)C)cc2)cc1Cl.O=C=O.O=C=O. The standard InChI is InChI=1S/C41H56ClN5O7S.2CO2/c1-38(2,3)25-47(22-26-20-32(55-24-26)39(4,5)6)23-33(48)46(13)31-19-18-29(21-30(31)42)52-34(49)27-14-16-28(17-15-27)43-35(44-36(50)53-40(7,8)9)45-37(51)54-41(10,11)12;2*2-1-3/h14-21,24H,22-23,25H2,1-13H3,(H2,43,44,45,50,51);;. The maximum absolute atomic E-state index is 13.6. The van der Waals surface area contributed by atoms with Crippen molar-refractivity contribution in [1.82, 2.24) is 15.5 Å². The van der Waals surface area contributed by atoms with Crippen LogP contribution < -0.4 is 20.3 Å². The van der Waals surface area contributed by atoms with Crippen molar-refractivity contribution in [3.8, 4) is 5.75 Å². The van der Waals surface area contributed by atoms with Crippen molar-refractivity contribution in [2.24, 2.45) is 10.4 Å². The normalized spacial score (nSPS) is 11.2. The third-order valence-electron chi connectivity index (χ3n) is 7.30. The highest BCUT2D eigenvalue weighted by Crippen LogP contribution is 2.32. The van der Waals surface area contributed by atoms with Gasteiger partial charge in [0.2, 0.25) is 11.9 Å². The molecule has 16 nitrogen and oxygen atoms in total. The molecule has 0 saturated carbocycles. The number of alkyl carbamates (subject to hydrolysis) is 2. The van der Waals surface area contributed by atoms with Gasteiger partial charge in [0.15, 0.2) is 0 Å². The van der Waals surface area contributed by atoms with Crippen LogP contribution in [0.2, 0.25) is 5.02 Å². The van der Waals surface area contributed by atoms with Gasteiger partial charge in [0, 0.05) is 31.1 Å². The highest BCUT2D eigenvalue weighted by Gasteiger charge is 2.25. The van der Waals surface area contributed by atoms with E-state index in [2.05, 4.69) is 73.5 Å². The van der Waals surface area contributed by atoms with Gasteiger partial charge in [-0.25, -0.2) is 19.4 Å². The van der Waals surface area contributed by atoms with Gasteiger partial charge in [0.25, 0.3) is 0 Å². The molecule has 0 saturated heterocycles. The van der Waals surface area contributed by atoms with Crippen molar-refractivity contribution in [2.45, 2.75) is 106 Å². The number of halogens is 1. The average molecular weight is 886 g/mol. The van der Waals surface area contributed by atoms with Crippen LogP contribution in [-0.4, -0.2) is 78.6 Å². The zero-order valence-electron chi connectivity index (χ0n) is 36.9. The van der Waals surface area contributed by atoms with Gasteiger partial charge in [-0.2, -0.15) is 19.2 Å². The first-order valence-electron chi connectivity index (χ1n) is 18.8. The first-order valence-corrected chi connectivity index (χ1v) is 20.0. The molecule has 61 heavy (non-hydrogen) atoms. The van der Waals surface area contributed by atoms with E-state index in [9.17, 15) is 19.2 Å². The number of carbonyl (C=O) groups is 4. The summed E-state index contributed by atoms with van der Waals surface area (Å²) in [6.07, 6.45) is -1.18. The number of amides is 3. The van der Waals surface area contributed by atoms with Crippen molar-refractivity contribution in [1.29, 1.82) is 0 Å². The van der Waals surface area contributed by atoms with Gasteiger partial charge in [-0.15, -0.1) is 11.3 Å². The fraction of sp³-hybridized carbons (Fsp3) is 0.465. The largest absolute Gasteiger partial charge is 0.444 e. The maximum Gasteiger partial charge on any atom is 0.414 e. The van der Waals surface area contributed by atoms with Crippen LogP contribution >= 0.6 is 22.9 Å². The second-order valence-corrected chi connectivity index (χ2v) is 19.0. The van der Waals surface area contributed by atoms with E-state index in [1.807, 2.05) is 0 Å². The number of guanidine groups is 1. The summed E-state index contributed by atoms with van der Waals surface area (Å²) >= 11 is 8.38. The lowest BCUT2D eigenvalue weighted by Gasteiger charge is -2.31. The molecular formula is C43H56ClN5O11S. The van der Waals surface area contributed by atoms with Gasteiger partial charge < -0.3 is 19.1 Å². The molecule has 0 aliphatic carbocycles. The summed E-state index contributed by atoms with van der Waals surface area (Å²) in [7, 11) is 1.67. The molecule has 3 rings (SSSR count). The number of aliphatic imine (C=N–C) groups is 1. The van der Waals surface area contributed by atoms with Crippen LogP contribution in [0.4, 0.5) is 21.0 Å². The lowest BCUT2D eigenvalue weighted by molar-refractivity contribution is -0.193. The Kier molecular flexibility index (Phi) is 20.4. The Bertz CT molecular complexity index is 2020. The Morgan fingerprint density at radius 3 is 1.70 bits per heavy atom. The molecule has 0 aliphatic heterocycles. The molecule has 0 unspecified atom stereocenters. The fourth-order valence-corrected chi connectivity index (χ4v) is 6.35. The van der Waals surface area contributed by atoms with E-state index < -0.39 is 29.4 Å². The van der Waals surface area contributed by atoms with E-state index in [0.29, 0.717) is 17.9 Å². The summed E-state index contributed by atoms with van der Waals surface area (Å²) in [5.41, 5.74) is 0.591. The molecule has 1 heterocycles. The van der Waals surface area contributed by atoms with E-state index in [0.717, 1.165) is 6.54 Å². The molecule has 18 heteroatoms. The second-order valence-electron chi connectivity index (χ2n) is 17.7. The van der Waals surface area contributed by atoms with E-state index in [1.165, 1.54) is 45.7 Å². The first kappa shape index (κ1) is 53.3. The Morgan fingerprint density at radius 1 is 0.770 bits per heavy atom. The summed E-state index contributed by atoms with van der Waals surface area (Å²) in [4.78, 5) is 93.3. The molecular weight excluding hydrogens is 830 g/mol. The highest BCUT2D eigenvalue weighted by atomic mass is 35.5. The number of likely N-dealkylation sites (N-methyl/N-ethyl adjacent to an activating group) is 1. The van der Waals surface area contributed by atoms with Crippen molar-refractivity contribution < 1.29 is 52.6 Å². The maximum atomic E-state index is 13.6. The van der Waals surface area contributed by atoms with Crippen LogP contribution in [0.3, 0.4) is 0 Å². The second kappa shape index (κ2) is 23.3. The number of hydrogen-bond acceptors (Lipinski definition) is 14. The molecule has 2 aromatic carbocycles. The molecule has 3 aromatic rings. The third-order valence-corrected chi connectivity index (χ3v) is 9.01. The zero-order valence-corrected chi connectivity index (χ0v) is 38.5. The monoisotopic (exact) mass is 885 g/mol. The molecule has 0 atom stereocenters. The van der Waals surface area contributed by atoms with Gasteiger partial charge in [-0.1, -0.05) is 53.1 Å². The van der Waals surface area contributed by atoms with E-state index in [-0.39, 0.29) is 57.9 Å². The summed E-state index contributed by atoms with van der Waals surface area (Å²) in [5, 5.41) is 7.23. The molecule has 3 amide bonds. The van der Waals surface area contributed by atoms with E-state index in [1.54, 1.807) is 72.1 Å². The average Bonchev–Trinajstić information content (AvgIpc) is 3.56. The topological polar surface area (TPSA) is 207 Å². The number of anilines is 1. The van der Waals surface area contributed by atoms with E-state index in [4.69, 9.17) is 45.0 Å². The van der Waals surface area contributed by atoms with Crippen LogP contribution in [0.15, 0.2) is 58.9 Å². The Balaban J connectivity index is 0.00000292. The molecule has 0 radical (unpaired) electrons. The van der Waals surface area contributed by atoms with E-state index >= 15 is 0 Å². The summed E-state index contributed by atoms with van der Waals surface area (Å²) < 4.78 is 16.2. The Hall–Kier alpha value is -5.70. The van der Waals surface area contributed by atoms with Gasteiger partial charge in [-0.3, -0.25) is 20.3 Å². The number of esters is 1. The number of hydrogen-bond donors (Lipinski definition) is 2. The number of thiophene rings is 1. The smallest absolute Gasteiger partial charge is 0.414 e. The number of nitrogens with zero attached hydrogens (tertiary/aromatic N) is 3. The number of ether oxygens (including phenoxy) is 3. The molecule has 332 valence electrons. The quantitative estimate of drug-likeness (QED) is 0.0901. The van der Waals surface area contributed by atoms with Gasteiger partial charge in [0.05, 0.1) is 28.5 Å². The number of carbonyl (C=O) groups excluding carboxylic acids is 8. The molecule has 0 bridgehead atoms. The van der Waals surface area contributed by atoms with Crippen molar-refractivity contribution >= 4 is 76.6 Å². The van der Waals surface area contributed by atoms with Crippen LogP contribution in [0.5, 0.6) is 5.75 Å². The molecule has 0 spiro atoms. The van der Waals surface area contributed by atoms with Gasteiger partial charge in [0.1, 0.15) is 17.0 Å². The molecule has 1 aromatic heterocycles. The Morgan fingerprint density at radius 2 is 1.28 bits per heavy atom. The lowest BCUT2D eigenvalue weighted by atomic mass is 9.94. The van der Waals surface area contributed by atoms with Crippen LogP contribution in [-0.2, 0) is 45.4 Å². The highest BCUT2D eigenvalue weighted by molar-refractivity contribution is 7.10. The molecule has 0 aliphatic rings. The summed E-state index contributed by atoms with van der Waals surface area (Å²) in [5.74, 6) is -0.844. The predicted octanol–water partition coefficient (Wildman–Crippen LogP) is 8.30. The fourth-order valence-electron chi connectivity index (χ4n) is 5.06. The van der Waals surface area contributed by atoms with Crippen molar-refractivity contribution in [3.05, 3.63) is 74.9 Å². The van der Waals surface area contributed by atoms with Gasteiger partial charge in [-0.05, 0) is 106 Å². The zero-order chi connectivity index (χ0) is 46.9. The number of nitrogens with one attached hydrogen (secondary N) is 2. The lowest BCUT2D eigenvalue weighted by Crippen LogP contribution is -2.47. The summed E-state index contributed by atoms with van der Waals surface area (Å²) in [6, 6.07) is 12.9. The van der Waals surface area contributed by atoms with Crippen molar-refractivity contribution in [3.63, 3.8) is 0 Å². The minimum absolute atomic E-state index is 0.0284. The van der Waals surface area contributed by atoms with Crippen LogP contribution in [0.1, 0.15) is 104 Å². The van der Waals surface area contributed by atoms with Gasteiger partial charge >= 0.3 is 30.5 Å².